The van der Waals surface area contributed by atoms with Crippen molar-refractivity contribution in [2.45, 2.75) is 4.21 Å². The number of rotatable bonds is 5. The molecule has 21 heavy (non-hydrogen) atoms. The van der Waals surface area contributed by atoms with Gasteiger partial charge in [-0.3, -0.25) is 4.72 Å². The van der Waals surface area contributed by atoms with Crippen molar-refractivity contribution >= 4 is 27.0 Å². The Balaban J connectivity index is 2.34. The van der Waals surface area contributed by atoms with Crippen LogP contribution in [0, 0.1) is 11.3 Å². The smallest absolute Gasteiger partial charge is 0.271 e. The Morgan fingerprint density at radius 1 is 1.19 bits per heavy atom. The number of nitriles is 1. The summed E-state index contributed by atoms with van der Waals surface area (Å²) in [6.45, 7) is 0. The van der Waals surface area contributed by atoms with E-state index in [1.54, 1.807) is 18.2 Å². The number of hydrogen-bond acceptors (Lipinski definition) is 6. The van der Waals surface area contributed by atoms with E-state index >= 15 is 0 Å². The van der Waals surface area contributed by atoms with Gasteiger partial charge in [-0.2, -0.15) is 5.26 Å². The largest absolute Gasteiger partial charge is 0.497 e. The number of hydrogen-bond donors (Lipinski definition) is 1. The maximum Gasteiger partial charge on any atom is 0.271 e. The van der Waals surface area contributed by atoms with E-state index in [2.05, 4.69) is 4.72 Å². The monoisotopic (exact) mass is 324 g/mol. The molecule has 0 unspecified atom stereocenters. The molecule has 0 saturated heterocycles. The predicted molar refractivity (Wildman–Crippen MR) is 79.4 cm³/mol. The third kappa shape index (κ3) is 3.26. The van der Waals surface area contributed by atoms with Crippen LogP contribution in [0.3, 0.4) is 0 Å². The van der Waals surface area contributed by atoms with Gasteiger partial charge in [0.2, 0.25) is 0 Å². The zero-order valence-electron chi connectivity index (χ0n) is 11.3. The molecule has 0 aliphatic heterocycles. The fourth-order valence-corrected chi connectivity index (χ4v) is 3.78. The van der Waals surface area contributed by atoms with Crippen LogP contribution < -0.4 is 14.2 Å². The first-order valence-corrected chi connectivity index (χ1v) is 8.05. The molecule has 110 valence electrons. The van der Waals surface area contributed by atoms with E-state index in [0.717, 1.165) is 11.3 Å². The third-order valence-corrected chi connectivity index (χ3v) is 5.46. The minimum absolute atomic E-state index is 0.0666. The zero-order chi connectivity index (χ0) is 15.5. The van der Waals surface area contributed by atoms with Crippen molar-refractivity contribution in [3.63, 3.8) is 0 Å². The average molecular weight is 324 g/mol. The molecule has 8 heteroatoms. The maximum atomic E-state index is 12.3. The van der Waals surface area contributed by atoms with E-state index in [1.807, 2.05) is 6.07 Å². The van der Waals surface area contributed by atoms with Crippen molar-refractivity contribution < 1.29 is 17.9 Å². The summed E-state index contributed by atoms with van der Waals surface area (Å²) >= 11 is 0.903. The molecule has 2 rings (SSSR count). The van der Waals surface area contributed by atoms with Crippen molar-refractivity contribution in [2.24, 2.45) is 0 Å². The molecule has 1 aromatic carbocycles. The van der Waals surface area contributed by atoms with Crippen molar-refractivity contribution in [2.75, 3.05) is 18.9 Å². The van der Waals surface area contributed by atoms with Gasteiger partial charge in [0.25, 0.3) is 10.0 Å². The molecule has 1 N–H and O–H groups in total. The molecule has 0 atom stereocenters. The summed E-state index contributed by atoms with van der Waals surface area (Å²) < 4.78 is 37.2. The molecular weight excluding hydrogens is 312 g/mol. The van der Waals surface area contributed by atoms with E-state index in [9.17, 15) is 8.42 Å². The van der Waals surface area contributed by atoms with Gasteiger partial charge >= 0.3 is 0 Å². The number of nitrogens with zero attached hydrogens (tertiary/aromatic N) is 1. The van der Waals surface area contributed by atoms with Crippen LogP contribution in [-0.2, 0) is 10.0 Å². The van der Waals surface area contributed by atoms with Crippen molar-refractivity contribution in [3.8, 4) is 17.6 Å². The Labute approximate surface area is 126 Å². The number of sulfonamides is 1. The minimum atomic E-state index is -3.76. The molecule has 0 spiro atoms. The maximum absolute atomic E-state index is 12.3. The molecule has 1 aromatic heterocycles. The highest BCUT2D eigenvalue weighted by molar-refractivity contribution is 7.94. The van der Waals surface area contributed by atoms with Crippen LogP contribution in [0.4, 0.5) is 5.69 Å². The molecular formula is C13H12N2O4S2. The SMILES string of the molecule is COc1ccc(NS(=O)(=O)c2ccc(C#N)s2)c(OC)c1. The summed E-state index contributed by atoms with van der Waals surface area (Å²) in [6.07, 6.45) is 0. The number of thiophene rings is 1. The number of anilines is 1. The van der Waals surface area contributed by atoms with E-state index in [1.165, 1.54) is 26.4 Å². The summed E-state index contributed by atoms with van der Waals surface area (Å²) in [5.74, 6) is 0.896. The van der Waals surface area contributed by atoms with Crippen LogP contribution in [0.15, 0.2) is 34.5 Å². The van der Waals surface area contributed by atoms with Crippen molar-refractivity contribution in [3.05, 3.63) is 35.2 Å². The second kappa shape index (κ2) is 6.03. The highest BCUT2D eigenvalue weighted by Crippen LogP contribution is 2.32. The van der Waals surface area contributed by atoms with E-state index in [4.69, 9.17) is 14.7 Å². The Hall–Kier alpha value is -2.24. The first-order chi connectivity index (χ1) is 10.00. The summed E-state index contributed by atoms with van der Waals surface area (Å²) in [7, 11) is -0.815. The van der Waals surface area contributed by atoms with Gasteiger partial charge < -0.3 is 9.47 Å². The summed E-state index contributed by atoms with van der Waals surface area (Å²) in [5, 5.41) is 8.76. The third-order valence-electron chi connectivity index (χ3n) is 2.61. The van der Waals surface area contributed by atoms with Crippen LogP contribution >= 0.6 is 11.3 Å². The lowest BCUT2D eigenvalue weighted by Crippen LogP contribution is -2.12. The minimum Gasteiger partial charge on any atom is -0.497 e. The van der Waals surface area contributed by atoms with E-state index in [-0.39, 0.29) is 4.21 Å². The van der Waals surface area contributed by atoms with Gasteiger partial charge in [-0.1, -0.05) is 0 Å². The Morgan fingerprint density at radius 2 is 1.95 bits per heavy atom. The summed E-state index contributed by atoms with van der Waals surface area (Å²) in [6, 6.07) is 9.51. The molecule has 0 bridgehead atoms. The topological polar surface area (TPSA) is 88.4 Å². The molecule has 6 nitrogen and oxygen atoms in total. The summed E-state index contributed by atoms with van der Waals surface area (Å²) in [5.41, 5.74) is 0.296. The standard InChI is InChI=1S/C13H12N2O4S2/c1-18-9-3-5-11(12(7-9)19-2)15-21(16,17)13-6-4-10(8-14)20-13/h3-7,15H,1-2H3. The van der Waals surface area contributed by atoms with Gasteiger partial charge in [-0.05, 0) is 24.3 Å². The number of methoxy groups -OCH3 is 2. The second-order valence-electron chi connectivity index (χ2n) is 3.90. The lowest BCUT2D eigenvalue weighted by Gasteiger charge is -2.12. The lowest BCUT2D eigenvalue weighted by atomic mass is 10.3. The quantitative estimate of drug-likeness (QED) is 0.912. The van der Waals surface area contributed by atoms with Crippen LogP contribution in [-0.4, -0.2) is 22.6 Å². The Kier molecular flexibility index (Phi) is 4.35. The molecule has 2 aromatic rings. The van der Waals surface area contributed by atoms with Crippen molar-refractivity contribution in [1.29, 1.82) is 5.26 Å². The zero-order valence-corrected chi connectivity index (χ0v) is 12.9. The molecule has 0 saturated carbocycles. The molecule has 0 fully saturated rings. The highest BCUT2D eigenvalue weighted by Gasteiger charge is 2.19. The predicted octanol–water partition coefficient (Wildman–Crippen LogP) is 2.44. The molecule has 0 aliphatic rings. The Morgan fingerprint density at radius 3 is 2.52 bits per heavy atom. The number of nitrogens with one attached hydrogen (secondary N) is 1. The first kappa shape index (κ1) is 15.2. The molecule has 0 radical (unpaired) electrons. The van der Waals surface area contributed by atoms with E-state index < -0.39 is 10.0 Å². The van der Waals surface area contributed by atoms with Crippen LogP contribution in [0.1, 0.15) is 4.88 Å². The van der Waals surface area contributed by atoms with Gasteiger partial charge in [0, 0.05) is 6.07 Å². The number of ether oxygens (including phenoxy) is 2. The van der Waals surface area contributed by atoms with E-state index in [0.29, 0.717) is 22.1 Å². The Bertz CT molecular complexity index is 791. The second-order valence-corrected chi connectivity index (χ2v) is 6.90. The van der Waals surface area contributed by atoms with Gasteiger partial charge in [-0.25, -0.2) is 8.42 Å². The average Bonchev–Trinajstić information content (AvgIpc) is 2.97. The van der Waals surface area contributed by atoms with Gasteiger partial charge in [0.15, 0.2) is 0 Å². The van der Waals surface area contributed by atoms with Gasteiger partial charge in [0.1, 0.15) is 26.7 Å². The normalized spacial score (nSPS) is 10.7. The fourth-order valence-electron chi connectivity index (χ4n) is 1.60. The summed E-state index contributed by atoms with van der Waals surface area (Å²) in [4.78, 5) is 0.331. The lowest BCUT2D eigenvalue weighted by molar-refractivity contribution is 0.395. The molecule has 1 heterocycles. The van der Waals surface area contributed by atoms with Crippen LogP contribution in [0.5, 0.6) is 11.5 Å². The van der Waals surface area contributed by atoms with Gasteiger partial charge in [0.05, 0.1) is 19.9 Å². The van der Waals surface area contributed by atoms with Crippen LogP contribution in [0.25, 0.3) is 0 Å². The highest BCUT2D eigenvalue weighted by atomic mass is 32.2. The number of benzene rings is 1. The molecule has 0 amide bonds. The fraction of sp³-hybridized carbons (Fsp3) is 0.154. The first-order valence-electron chi connectivity index (χ1n) is 5.75. The van der Waals surface area contributed by atoms with Crippen molar-refractivity contribution in [1.82, 2.24) is 0 Å². The van der Waals surface area contributed by atoms with Crippen LogP contribution in [0.2, 0.25) is 0 Å². The molecule has 0 aliphatic carbocycles. The van der Waals surface area contributed by atoms with Gasteiger partial charge in [-0.15, -0.1) is 11.3 Å².